The number of rotatable bonds is 2. The summed E-state index contributed by atoms with van der Waals surface area (Å²) in [5.41, 5.74) is 1.14. The first-order valence-electron chi connectivity index (χ1n) is 6.39. The Morgan fingerprint density at radius 3 is 2.95 bits per heavy atom. The van der Waals surface area contributed by atoms with Gasteiger partial charge in [-0.05, 0) is 35.9 Å². The Balaban J connectivity index is 2.17. The van der Waals surface area contributed by atoms with Gasteiger partial charge in [0.05, 0.1) is 16.5 Å². The lowest BCUT2D eigenvalue weighted by Gasteiger charge is -2.02. The van der Waals surface area contributed by atoms with Gasteiger partial charge in [-0.3, -0.25) is 9.78 Å². The predicted molar refractivity (Wildman–Crippen MR) is 85.1 cm³/mol. The van der Waals surface area contributed by atoms with E-state index < -0.39 is 0 Å². The van der Waals surface area contributed by atoms with Gasteiger partial charge in [0.1, 0.15) is 6.07 Å². The van der Waals surface area contributed by atoms with E-state index in [1.807, 2.05) is 12.1 Å². The smallest absolute Gasteiger partial charge is 0.259 e. The third kappa shape index (κ3) is 2.73. The molecule has 0 saturated carbocycles. The van der Waals surface area contributed by atoms with Crippen LogP contribution in [0.5, 0.6) is 0 Å². The van der Waals surface area contributed by atoms with Gasteiger partial charge < -0.3 is 4.98 Å². The number of nitrogens with one attached hydrogen (secondary N) is 1. The Morgan fingerprint density at radius 1 is 1.36 bits per heavy atom. The second-order valence-corrected chi connectivity index (χ2v) is 4.97. The normalized spacial score (nSPS) is 11.4. The molecule has 106 valence electrons. The molecule has 0 aliphatic rings. The van der Waals surface area contributed by atoms with Crippen LogP contribution in [0.2, 0.25) is 5.02 Å². The third-order valence-electron chi connectivity index (χ3n) is 3.04. The Labute approximate surface area is 130 Å². The van der Waals surface area contributed by atoms with Gasteiger partial charge >= 0.3 is 0 Å². The number of aromatic amines is 1. The van der Waals surface area contributed by atoms with Gasteiger partial charge in [-0.15, -0.1) is 0 Å². The molecule has 0 aliphatic heterocycles. The molecule has 1 aromatic carbocycles. The van der Waals surface area contributed by atoms with Gasteiger partial charge in [0.15, 0.2) is 5.82 Å². The van der Waals surface area contributed by atoms with E-state index in [4.69, 9.17) is 11.6 Å². The van der Waals surface area contributed by atoms with Crippen molar-refractivity contribution in [2.75, 3.05) is 0 Å². The molecule has 0 bridgehead atoms. The number of halogens is 1. The number of hydrogen-bond acceptors (Lipinski definition) is 4. The lowest BCUT2D eigenvalue weighted by molar-refractivity contribution is 1.13. The number of hydrogen-bond donors (Lipinski definition) is 1. The molecule has 0 spiro atoms. The molecule has 0 aliphatic carbocycles. The molecule has 1 N–H and O–H groups in total. The molecule has 0 amide bonds. The van der Waals surface area contributed by atoms with Crippen LogP contribution >= 0.6 is 11.6 Å². The molecule has 2 aromatic heterocycles. The van der Waals surface area contributed by atoms with Gasteiger partial charge in [0, 0.05) is 17.4 Å². The quantitative estimate of drug-likeness (QED) is 0.738. The highest BCUT2D eigenvalue weighted by molar-refractivity contribution is 6.31. The minimum absolute atomic E-state index is 0.214. The number of aromatic nitrogens is 3. The summed E-state index contributed by atoms with van der Waals surface area (Å²) < 4.78 is 0. The molecule has 0 atom stereocenters. The molecular formula is C16H9ClN4O. The van der Waals surface area contributed by atoms with E-state index in [1.165, 1.54) is 0 Å². The summed E-state index contributed by atoms with van der Waals surface area (Å²) in [6.07, 6.45) is 4.88. The van der Waals surface area contributed by atoms with Crippen molar-refractivity contribution < 1.29 is 0 Å². The van der Waals surface area contributed by atoms with Crippen molar-refractivity contribution >= 4 is 34.2 Å². The van der Waals surface area contributed by atoms with Crippen molar-refractivity contribution in [3.8, 4) is 6.07 Å². The van der Waals surface area contributed by atoms with Crippen molar-refractivity contribution in [2.45, 2.75) is 0 Å². The summed E-state index contributed by atoms with van der Waals surface area (Å²) in [5.74, 6) is 0.214. The van der Waals surface area contributed by atoms with E-state index in [2.05, 4.69) is 15.0 Å². The number of nitrogens with zero attached hydrogens (tertiary/aromatic N) is 3. The minimum atomic E-state index is -0.338. The van der Waals surface area contributed by atoms with Crippen molar-refractivity contribution in [1.29, 1.82) is 5.26 Å². The number of pyridine rings is 1. The summed E-state index contributed by atoms with van der Waals surface area (Å²) in [6.45, 7) is 0. The predicted octanol–water partition coefficient (Wildman–Crippen LogP) is 3.04. The molecular weight excluding hydrogens is 300 g/mol. The van der Waals surface area contributed by atoms with E-state index in [0.29, 0.717) is 15.9 Å². The van der Waals surface area contributed by atoms with E-state index in [9.17, 15) is 10.1 Å². The van der Waals surface area contributed by atoms with Crippen LogP contribution in [0.4, 0.5) is 0 Å². The maximum Gasteiger partial charge on any atom is 0.259 e. The molecule has 2 heterocycles. The zero-order chi connectivity index (χ0) is 15.5. The summed E-state index contributed by atoms with van der Waals surface area (Å²) >= 11 is 5.88. The number of benzene rings is 1. The van der Waals surface area contributed by atoms with Gasteiger partial charge in [-0.1, -0.05) is 17.7 Å². The fourth-order valence-corrected chi connectivity index (χ4v) is 2.19. The van der Waals surface area contributed by atoms with Crippen LogP contribution in [0.1, 0.15) is 11.4 Å². The van der Waals surface area contributed by atoms with Gasteiger partial charge in [0.25, 0.3) is 5.56 Å². The SMILES string of the molecule is N#C/C(=C\c1cccnc1)c1nc2ccc(Cl)cc2c(=O)[nH]1. The standard InChI is InChI=1S/C16H9ClN4O/c17-12-3-4-14-13(7-12)16(22)21-15(20-14)11(8-18)6-10-2-1-5-19-9-10/h1-7,9H,(H,20,21,22)/b11-6+. The van der Waals surface area contributed by atoms with Crippen LogP contribution in [0, 0.1) is 11.3 Å². The van der Waals surface area contributed by atoms with Crippen molar-refractivity contribution in [2.24, 2.45) is 0 Å². The van der Waals surface area contributed by atoms with Gasteiger partial charge in [-0.2, -0.15) is 5.26 Å². The summed E-state index contributed by atoms with van der Waals surface area (Å²) in [4.78, 5) is 23.0. The fraction of sp³-hybridized carbons (Fsp3) is 0. The van der Waals surface area contributed by atoms with Gasteiger partial charge in [-0.25, -0.2) is 4.98 Å². The second kappa shape index (κ2) is 5.80. The van der Waals surface area contributed by atoms with Crippen molar-refractivity contribution in [1.82, 2.24) is 15.0 Å². The number of nitriles is 1. The van der Waals surface area contributed by atoms with Crippen LogP contribution < -0.4 is 5.56 Å². The lowest BCUT2D eigenvalue weighted by atomic mass is 10.1. The molecule has 0 radical (unpaired) electrons. The van der Waals surface area contributed by atoms with E-state index >= 15 is 0 Å². The maximum absolute atomic E-state index is 12.1. The highest BCUT2D eigenvalue weighted by Gasteiger charge is 2.08. The Bertz CT molecular complexity index is 971. The first-order chi connectivity index (χ1) is 10.7. The second-order valence-electron chi connectivity index (χ2n) is 4.53. The van der Waals surface area contributed by atoms with Crippen LogP contribution in [-0.2, 0) is 0 Å². The summed E-state index contributed by atoms with van der Waals surface area (Å²) in [7, 11) is 0. The Morgan fingerprint density at radius 2 is 2.23 bits per heavy atom. The van der Waals surface area contributed by atoms with Crippen LogP contribution in [-0.4, -0.2) is 15.0 Å². The average Bonchev–Trinajstić information content (AvgIpc) is 2.54. The fourth-order valence-electron chi connectivity index (χ4n) is 2.02. The highest BCUT2D eigenvalue weighted by atomic mass is 35.5. The summed E-state index contributed by atoms with van der Waals surface area (Å²) in [5, 5.41) is 10.2. The first kappa shape index (κ1) is 14.0. The van der Waals surface area contributed by atoms with E-state index in [-0.39, 0.29) is 17.0 Å². The molecule has 0 fully saturated rings. The monoisotopic (exact) mass is 308 g/mol. The van der Waals surface area contributed by atoms with E-state index in [0.717, 1.165) is 5.56 Å². The topological polar surface area (TPSA) is 82.4 Å². The van der Waals surface area contributed by atoms with Gasteiger partial charge in [0.2, 0.25) is 0 Å². The van der Waals surface area contributed by atoms with Crippen molar-refractivity contribution in [3.63, 3.8) is 0 Å². The number of H-pyrrole nitrogens is 1. The van der Waals surface area contributed by atoms with E-state index in [1.54, 1.807) is 42.7 Å². The first-order valence-corrected chi connectivity index (χ1v) is 6.77. The molecule has 6 heteroatoms. The average molecular weight is 309 g/mol. The molecule has 0 unspecified atom stereocenters. The van der Waals surface area contributed by atoms with Crippen LogP contribution in [0.25, 0.3) is 22.6 Å². The third-order valence-corrected chi connectivity index (χ3v) is 3.27. The molecule has 3 rings (SSSR count). The summed E-state index contributed by atoms with van der Waals surface area (Å²) in [6, 6.07) is 10.5. The number of allylic oxidation sites excluding steroid dienone is 1. The minimum Gasteiger partial charge on any atom is -0.305 e. The number of fused-ring (bicyclic) bond motifs is 1. The highest BCUT2D eigenvalue weighted by Crippen LogP contribution is 2.18. The molecule has 22 heavy (non-hydrogen) atoms. The Hall–Kier alpha value is -2.97. The zero-order valence-corrected chi connectivity index (χ0v) is 12.0. The molecule has 3 aromatic rings. The zero-order valence-electron chi connectivity index (χ0n) is 11.2. The van der Waals surface area contributed by atoms with Crippen molar-refractivity contribution in [3.05, 3.63) is 69.5 Å². The van der Waals surface area contributed by atoms with Crippen LogP contribution in [0.15, 0.2) is 47.5 Å². The van der Waals surface area contributed by atoms with Crippen LogP contribution in [0.3, 0.4) is 0 Å². The molecule has 5 nitrogen and oxygen atoms in total. The maximum atomic E-state index is 12.1. The molecule has 0 saturated heterocycles. The lowest BCUT2D eigenvalue weighted by Crippen LogP contribution is -2.11. The largest absolute Gasteiger partial charge is 0.305 e. The Kier molecular flexibility index (Phi) is 3.69.